The van der Waals surface area contributed by atoms with Crippen LogP contribution in [-0.4, -0.2) is 41.8 Å². The van der Waals surface area contributed by atoms with Gasteiger partial charge in [-0.25, -0.2) is 4.98 Å². The molecule has 0 amide bonds. The Morgan fingerprint density at radius 1 is 1.06 bits per heavy atom. The monoisotopic (exact) mass is 414 g/mol. The fourth-order valence-electron chi connectivity index (χ4n) is 4.06. The molecule has 4 aromatic rings. The van der Waals surface area contributed by atoms with Gasteiger partial charge in [-0.2, -0.15) is 0 Å². The molecule has 5 rings (SSSR count). The van der Waals surface area contributed by atoms with Crippen molar-refractivity contribution >= 4 is 39.1 Å². The van der Waals surface area contributed by atoms with Crippen LogP contribution in [-0.2, 0) is 4.84 Å². The van der Waals surface area contributed by atoms with Crippen molar-refractivity contribution in [2.75, 3.05) is 31.6 Å². The van der Waals surface area contributed by atoms with Gasteiger partial charge in [0.2, 0.25) is 5.71 Å². The number of likely N-dealkylation sites (tertiary alicyclic amines) is 1. The fraction of sp³-hybridized carbons (Fsp3) is 0.280. The van der Waals surface area contributed by atoms with Crippen molar-refractivity contribution in [3.63, 3.8) is 0 Å². The highest BCUT2D eigenvalue weighted by Gasteiger charge is 2.12. The van der Waals surface area contributed by atoms with Crippen molar-refractivity contribution in [1.82, 2.24) is 9.88 Å². The maximum absolute atomic E-state index is 5.55. The maximum Gasteiger partial charge on any atom is 0.228 e. The second kappa shape index (κ2) is 8.78. The van der Waals surface area contributed by atoms with E-state index < -0.39 is 0 Å². The first kappa shape index (κ1) is 19.6. The van der Waals surface area contributed by atoms with E-state index in [1.807, 2.05) is 31.2 Å². The van der Waals surface area contributed by atoms with Crippen molar-refractivity contribution in [3.05, 3.63) is 66.4 Å². The van der Waals surface area contributed by atoms with E-state index in [4.69, 9.17) is 9.25 Å². The lowest BCUT2D eigenvalue weighted by molar-refractivity contribution is 0.119. The minimum absolute atomic E-state index is 0.631. The Kier molecular flexibility index (Phi) is 5.54. The summed E-state index contributed by atoms with van der Waals surface area (Å²) < 4.78 is 5.55. The van der Waals surface area contributed by atoms with E-state index in [9.17, 15) is 0 Å². The first-order valence-electron chi connectivity index (χ1n) is 10.8. The molecule has 0 spiro atoms. The molecule has 1 N–H and O–H groups in total. The molecule has 1 aliphatic heterocycles. The highest BCUT2D eigenvalue weighted by Crippen LogP contribution is 2.33. The number of aromatic nitrogens is 1. The van der Waals surface area contributed by atoms with Crippen LogP contribution < -0.4 is 5.32 Å². The summed E-state index contributed by atoms with van der Waals surface area (Å²) in [5, 5.41) is 9.87. The topological polar surface area (TPSA) is 62.9 Å². The number of oxime groups is 1. The summed E-state index contributed by atoms with van der Waals surface area (Å²) in [7, 11) is 0. The molecule has 6 heteroatoms. The summed E-state index contributed by atoms with van der Waals surface area (Å²) in [5.41, 5.74) is 5.44. The number of furan rings is 1. The Morgan fingerprint density at radius 3 is 2.71 bits per heavy atom. The van der Waals surface area contributed by atoms with Crippen molar-refractivity contribution < 1.29 is 9.25 Å². The van der Waals surface area contributed by atoms with Gasteiger partial charge in [-0.05, 0) is 62.7 Å². The van der Waals surface area contributed by atoms with Gasteiger partial charge in [0.25, 0.3) is 0 Å². The second-order valence-electron chi connectivity index (χ2n) is 7.90. The molecule has 0 saturated carbocycles. The first-order valence-corrected chi connectivity index (χ1v) is 10.8. The molecule has 3 heterocycles. The molecule has 1 aliphatic rings. The SMILES string of the molecule is C/C(=N\OCCN1CCCC1)c1ccc(Nc2c3ccccc3nc3occc23)cc1. The summed E-state index contributed by atoms with van der Waals surface area (Å²) in [6.07, 6.45) is 4.27. The number of para-hydroxylation sites is 1. The molecule has 0 atom stereocenters. The first-order chi connectivity index (χ1) is 15.3. The molecule has 0 unspecified atom stereocenters. The van der Waals surface area contributed by atoms with Crippen molar-refractivity contribution in [2.24, 2.45) is 5.16 Å². The van der Waals surface area contributed by atoms with E-state index in [2.05, 4.69) is 50.7 Å². The zero-order valence-corrected chi connectivity index (χ0v) is 17.7. The lowest BCUT2D eigenvalue weighted by Crippen LogP contribution is -2.23. The van der Waals surface area contributed by atoms with Gasteiger partial charge in [0.1, 0.15) is 6.61 Å². The average Bonchev–Trinajstić information content (AvgIpc) is 3.49. The maximum atomic E-state index is 5.55. The molecule has 6 nitrogen and oxygen atoms in total. The lowest BCUT2D eigenvalue weighted by atomic mass is 10.1. The minimum atomic E-state index is 0.631. The number of fused-ring (bicyclic) bond motifs is 2. The van der Waals surface area contributed by atoms with Crippen molar-refractivity contribution in [1.29, 1.82) is 0 Å². The summed E-state index contributed by atoms with van der Waals surface area (Å²) >= 11 is 0. The highest BCUT2D eigenvalue weighted by molar-refractivity contribution is 6.07. The van der Waals surface area contributed by atoms with E-state index in [-0.39, 0.29) is 0 Å². The minimum Gasteiger partial charge on any atom is -0.446 e. The molecule has 31 heavy (non-hydrogen) atoms. The molecular weight excluding hydrogens is 388 g/mol. The number of pyridine rings is 1. The zero-order valence-electron chi connectivity index (χ0n) is 17.7. The Hall–Kier alpha value is -3.38. The van der Waals surface area contributed by atoms with E-state index in [0.29, 0.717) is 12.3 Å². The number of rotatable bonds is 7. The quantitative estimate of drug-likeness (QED) is 0.244. The third-order valence-corrected chi connectivity index (χ3v) is 5.78. The van der Waals surface area contributed by atoms with Gasteiger partial charge in [0.15, 0.2) is 0 Å². The predicted octanol–water partition coefficient (Wildman–Crippen LogP) is 5.56. The third-order valence-electron chi connectivity index (χ3n) is 5.78. The van der Waals surface area contributed by atoms with Gasteiger partial charge in [0.05, 0.1) is 28.6 Å². The Morgan fingerprint density at radius 2 is 1.87 bits per heavy atom. The molecule has 1 fully saturated rings. The fourth-order valence-corrected chi connectivity index (χ4v) is 4.06. The van der Waals surface area contributed by atoms with Crippen LogP contribution in [0.15, 0.2) is 70.4 Å². The number of hydrogen-bond donors (Lipinski definition) is 1. The number of hydrogen-bond acceptors (Lipinski definition) is 6. The number of nitrogens with zero attached hydrogens (tertiary/aromatic N) is 3. The van der Waals surface area contributed by atoms with Crippen molar-refractivity contribution in [2.45, 2.75) is 19.8 Å². The Bertz CT molecular complexity index is 1210. The van der Waals surface area contributed by atoms with Gasteiger partial charge in [-0.15, -0.1) is 0 Å². The molecule has 1 saturated heterocycles. The van der Waals surface area contributed by atoms with Crippen LogP contribution in [0, 0.1) is 0 Å². The number of nitrogens with one attached hydrogen (secondary N) is 1. The van der Waals surface area contributed by atoms with E-state index >= 15 is 0 Å². The van der Waals surface area contributed by atoms with Gasteiger partial charge in [-0.1, -0.05) is 35.5 Å². The van der Waals surface area contributed by atoms with Crippen LogP contribution in [0.4, 0.5) is 11.4 Å². The summed E-state index contributed by atoms with van der Waals surface area (Å²) in [6, 6.07) is 18.2. The van der Waals surface area contributed by atoms with Crippen LogP contribution >= 0.6 is 0 Å². The zero-order chi connectivity index (χ0) is 21.0. The number of benzene rings is 2. The summed E-state index contributed by atoms with van der Waals surface area (Å²) in [6.45, 7) is 5.91. The van der Waals surface area contributed by atoms with E-state index in [1.165, 1.54) is 25.9 Å². The van der Waals surface area contributed by atoms with Crippen molar-refractivity contribution in [3.8, 4) is 0 Å². The van der Waals surface area contributed by atoms with Crippen LogP contribution in [0.2, 0.25) is 0 Å². The molecular formula is C25H26N4O2. The number of anilines is 2. The highest BCUT2D eigenvalue weighted by atomic mass is 16.6. The standard InChI is InChI=1S/C25H26N4O2/c1-18(28-31-17-15-29-13-4-5-14-29)19-8-10-20(11-9-19)26-24-21-6-2-3-7-23(21)27-25-22(24)12-16-30-25/h2-3,6-12,16H,4-5,13-15,17H2,1H3,(H,26,27)/b28-18+. The van der Waals surface area contributed by atoms with E-state index in [0.717, 1.165) is 45.5 Å². The average molecular weight is 415 g/mol. The van der Waals surface area contributed by atoms with Crippen LogP contribution in [0.3, 0.4) is 0 Å². The van der Waals surface area contributed by atoms with Crippen LogP contribution in [0.5, 0.6) is 0 Å². The predicted molar refractivity (Wildman–Crippen MR) is 125 cm³/mol. The smallest absolute Gasteiger partial charge is 0.228 e. The Labute approximate surface area is 181 Å². The van der Waals surface area contributed by atoms with E-state index in [1.54, 1.807) is 6.26 Å². The largest absolute Gasteiger partial charge is 0.446 e. The van der Waals surface area contributed by atoms with Crippen LogP contribution in [0.1, 0.15) is 25.3 Å². The molecule has 2 aromatic heterocycles. The second-order valence-corrected chi connectivity index (χ2v) is 7.90. The third kappa shape index (κ3) is 4.25. The summed E-state index contributed by atoms with van der Waals surface area (Å²) in [5.74, 6) is 0. The lowest BCUT2D eigenvalue weighted by Gasteiger charge is -2.13. The van der Waals surface area contributed by atoms with Gasteiger partial charge in [0, 0.05) is 17.6 Å². The van der Waals surface area contributed by atoms with Gasteiger partial charge in [-0.3, -0.25) is 4.90 Å². The molecule has 2 aromatic carbocycles. The Balaban J connectivity index is 1.30. The molecule has 0 aliphatic carbocycles. The normalized spacial score (nSPS) is 15.1. The molecule has 158 valence electrons. The summed E-state index contributed by atoms with van der Waals surface area (Å²) in [4.78, 5) is 12.6. The molecule has 0 bridgehead atoms. The molecule has 0 radical (unpaired) electrons. The van der Waals surface area contributed by atoms with Gasteiger partial charge >= 0.3 is 0 Å². The van der Waals surface area contributed by atoms with Gasteiger partial charge < -0.3 is 14.6 Å². The van der Waals surface area contributed by atoms with Crippen LogP contribution in [0.25, 0.3) is 22.0 Å².